The summed E-state index contributed by atoms with van der Waals surface area (Å²) in [4.78, 5) is 42.1. The molecule has 0 aromatic carbocycles. The van der Waals surface area contributed by atoms with Gasteiger partial charge in [0, 0.05) is 13.6 Å². The SMILES string of the molecule is CC(=O)C(C)Sc1nc2c(c(=O)[nH]c(=O)n2C)n1CC(C)C. The maximum absolute atomic E-state index is 12.2. The first kappa shape index (κ1) is 16.5. The van der Waals surface area contributed by atoms with Gasteiger partial charge in [0.05, 0.1) is 5.25 Å². The largest absolute Gasteiger partial charge is 0.329 e. The summed E-state index contributed by atoms with van der Waals surface area (Å²) in [5.74, 6) is 0.331. The Labute approximate surface area is 131 Å². The minimum atomic E-state index is -0.497. The predicted octanol–water partition coefficient (Wildman–Crippen LogP) is 1.15. The quantitative estimate of drug-likeness (QED) is 0.833. The number of Topliss-reactive ketones (excluding diaryl/α,β-unsaturated/α-hetero) is 1. The van der Waals surface area contributed by atoms with Crippen LogP contribution < -0.4 is 11.2 Å². The van der Waals surface area contributed by atoms with Crippen LogP contribution in [-0.2, 0) is 18.4 Å². The minimum Gasteiger partial charge on any atom is -0.313 e. The van der Waals surface area contributed by atoms with Gasteiger partial charge in [-0.25, -0.2) is 9.78 Å². The molecular formula is C14H20N4O3S. The Kier molecular flexibility index (Phi) is 4.60. The van der Waals surface area contributed by atoms with E-state index in [1.165, 1.54) is 23.3 Å². The lowest BCUT2D eigenvalue weighted by Crippen LogP contribution is -2.29. The van der Waals surface area contributed by atoms with Gasteiger partial charge in [-0.2, -0.15) is 0 Å². The maximum Gasteiger partial charge on any atom is 0.329 e. The van der Waals surface area contributed by atoms with E-state index < -0.39 is 11.2 Å². The van der Waals surface area contributed by atoms with Crippen LogP contribution in [-0.4, -0.2) is 30.1 Å². The van der Waals surface area contributed by atoms with Gasteiger partial charge < -0.3 is 4.57 Å². The number of ketones is 1. The van der Waals surface area contributed by atoms with Crippen molar-refractivity contribution in [1.29, 1.82) is 0 Å². The van der Waals surface area contributed by atoms with E-state index >= 15 is 0 Å². The molecular weight excluding hydrogens is 304 g/mol. The molecule has 1 N–H and O–H groups in total. The van der Waals surface area contributed by atoms with Gasteiger partial charge in [0.25, 0.3) is 5.56 Å². The minimum absolute atomic E-state index is 0.0379. The summed E-state index contributed by atoms with van der Waals surface area (Å²) < 4.78 is 3.11. The van der Waals surface area contributed by atoms with Crippen molar-refractivity contribution >= 4 is 28.7 Å². The number of aromatic amines is 1. The fourth-order valence-electron chi connectivity index (χ4n) is 2.08. The second kappa shape index (κ2) is 6.12. The summed E-state index contributed by atoms with van der Waals surface area (Å²) in [6.07, 6.45) is 0. The van der Waals surface area contributed by atoms with Gasteiger partial charge in [-0.05, 0) is 19.8 Å². The highest BCUT2D eigenvalue weighted by molar-refractivity contribution is 8.00. The van der Waals surface area contributed by atoms with E-state index in [2.05, 4.69) is 9.97 Å². The van der Waals surface area contributed by atoms with Gasteiger partial charge in [-0.3, -0.25) is 19.1 Å². The number of nitrogens with one attached hydrogen (secondary N) is 1. The van der Waals surface area contributed by atoms with Crippen LogP contribution >= 0.6 is 11.8 Å². The average Bonchev–Trinajstić information content (AvgIpc) is 2.74. The Hall–Kier alpha value is -1.83. The van der Waals surface area contributed by atoms with Crippen molar-refractivity contribution in [3.63, 3.8) is 0 Å². The standard InChI is InChI=1S/C14H20N4O3S/c1-7(2)6-18-10-11(17(5)13(21)16-12(10)20)15-14(18)22-9(4)8(3)19/h7,9H,6H2,1-5H3,(H,16,20,21). The number of fused-ring (bicyclic) bond motifs is 1. The molecule has 2 aromatic heterocycles. The number of hydrogen-bond donors (Lipinski definition) is 1. The number of carbonyl (C=O) groups excluding carboxylic acids is 1. The zero-order valence-electron chi connectivity index (χ0n) is 13.3. The Balaban J connectivity index is 2.72. The van der Waals surface area contributed by atoms with E-state index in [1.54, 1.807) is 18.5 Å². The number of imidazole rings is 1. The Morgan fingerprint density at radius 1 is 1.32 bits per heavy atom. The first-order valence-electron chi connectivity index (χ1n) is 7.09. The van der Waals surface area contributed by atoms with E-state index in [0.717, 1.165) is 0 Å². The van der Waals surface area contributed by atoms with Crippen LogP contribution in [0.2, 0.25) is 0 Å². The molecule has 120 valence electrons. The number of rotatable bonds is 5. The van der Waals surface area contributed by atoms with Crippen molar-refractivity contribution in [2.24, 2.45) is 13.0 Å². The fraction of sp³-hybridized carbons (Fsp3) is 0.571. The molecule has 1 unspecified atom stereocenters. The van der Waals surface area contributed by atoms with Crippen molar-refractivity contribution in [3.05, 3.63) is 20.8 Å². The smallest absolute Gasteiger partial charge is 0.313 e. The van der Waals surface area contributed by atoms with Crippen molar-refractivity contribution in [1.82, 2.24) is 19.1 Å². The number of nitrogens with zero attached hydrogens (tertiary/aromatic N) is 3. The third kappa shape index (κ3) is 3.01. The highest BCUT2D eigenvalue weighted by Gasteiger charge is 2.21. The lowest BCUT2D eigenvalue weighted by Gasteiger charge is -2.12. The lowest BCUT2D eigenvalue weighted by molar-refractivity contribution is -0.116. The van der Waals surface area contributed by atoms with E-state index in [9.17, 15) is 14.4 Å². The van der Waals surface area contributed by atoms with Crippen LogP contribution in [0.4, 0.5) is 0 Å². The van der Waals surface area contributed by atoms with Gasteiger partial charge in [0.15, 0.2) is 16.3 Å². The maximum atomic E-state index is 12.2. The molecule has 0 aliphatic heterocycles. The molecule has 0 bridgehead atoms. The van der Waals surface area contributed by atoms with Crippen LogP contribution in [0.1, 0.15) is 27.7 Å². The number of aryl methyl sites for hydroxylation is 1. The highest BCUT2D eigenvalue weighted by Crippen LogP contribution is 2.26. The Bertz CT molecular complexity index is 831. The molecule has 0 saturated heterocycles. The number of hydrogen-bond acceptors (Lipinski definition) is 5. The molecule has 0 amide bonds. The van der Waals surface area contributed by atoms with E-state index in [-0.39, 0.29) is 11.0 Å². The van der Waals surface area contributed by atoms with E-state index in [4.69, 9.17) is 0 Å². The molecule has 0 fully saturated rings. The average molecular weight is 324 g/mol. The predicted molar refractivity (Wildman–Crippen MR) is 86.4 cm³/mol. The van der Waals surface area contributed by atoms with Gasteiger partial charge in [-0.1, -0.05) is 25.6 Å². The van der Waals surface area contributed by atoms with Crippen LogP contribution in [0.25, 0.3) is 11.2 Å². The van der Waals surface area contributed by atoms with E-state index in [0.29, 0.717) is 28.8 Å². The molecule has 22 heavy (non-hydrogen) atoms. The monoisotopic (exact) mass is 324 g/mol. The molecule has 0 aliphatic carbocycles. The van der Waals surface area contributed by atoms with Crippen LogP contribution in [0.3, 0.4) is 0 Å². The van der Waals surface area contributed by atoms with Crippen LogP contribution in [0, 0.1) is 5.92 Å². The molecule has 1 atom stereocenters. The van der Waals surface area contributed by atoms with Crippen LogP contribution in [0.5, 0.6) is 0 Å². The van der Waals surface area contributed by atoms with Crippen molar-refractivity contribution < 1.29 is 4.79 Å². The van der Waals surface area contributed by atoms with Gasteiger partial charge >= 0.3 is 5.69 Å². The summed E-state index contributed by atoms with van der Waals surface area (Å²) in [6, 6.07) is 0. The zero-order chi connectivity index (χ0) is 16.6. The highest BCUT2D eigenvalue weighted by atomic mass is 32.2. The Morgan fingerprint density at radius 2 is 1.95 bits per heavy atom. The van der Waals surface area contributed by atoms with Gasteiger partial charge in [0.2, 0.25) is 0 Å². The molecule has 0 radical (unpaired) electrons. The van der Waals surface area contributed by atoms with Crippen molar-refractivity contribution in [2.45, 2.75) is 44.6 Å². The Morgan fingerprint density at radius 3 is 2.50 bits per heavy atom. The zero-order valence-corrected chi connectivity index (χ0v) is 14.2. The summed E-state index contributed by atoms with van der Waals surface area (Å²) in [5.41, 5.74) is -0.238. The molecule has 8 heteroatoms. The number of H-pyrrole nitrogens is 1. The fourth-order valence-corrected chi connectivity index (χ4v) is 2.99. The number of carbonyl (C=O) groups is 1. The first-order chi connectivity index (χ1) is 10.2. The summed E-state index contributed by atoms with van der Waals surface area (Å²) in [6.45, 7) is 7.98. The summed E-state index contributed by atoms with van der Waals surface area (Å²) in [5, 5.41) is 0.317. The van der Waals surface area contributed by atoms with Crippen molar-refractivity contribution in [2.75, 3.05) is 0 Å². The molecule has 2 aromatic rings. The molecule has 0 saturated carbocycles. The summed E-state index contributed by atoms with van der Waals surface area (Å²) in [7, 11) is 1.57. The normalized spacial score (nSPS) is 13.0. The topological polar surface area (TPSA) is 89.8 Å². The van der Waals surface area contributed by atoms with Crippen molar-refractivity contribution in [3.8, 4) is 0 Å². The van der Waals surface area contributed by atoms with Gasteiger partial charge in [0.1, 0.15) is 5.78 Å². The van der Waals surface area contributed by atoms with Crippen LogP contribution in [0.15, 0.2) is 14.7 Å². The second-order valence-corrected chi connectivity index (χ2v) is 7.07. The molecule has 0 spiro atoms. The summed E-state index contributed by atoms with van der Waals surface area (Å²) >= 11 is 1.30. The molecule has 2 heterocycles. The molecule has 7 nitrogen and oxygen atoms in total. The first-order valence-corrected chi connectivity index (χ1v) is 7.97. The molecule has 0 aliphatic rings. The van der Waals surface area contributed by atoms with E-state index in [1.807, 2.05) is 13.8 Å². The number of aromatic nitrogens is 4. The van der Waals surface area contributed by atoms with Gasteiger partial charge in [-0.15, -0.1) is 0 Å². The number of thioether (sulfide) groups is 1. The molecule has 2 rings (SSSR count). The third-order valence-electron chi connectivity index (χ3n) is 3.37. The third-order valence-corrected chi connectivity index (χ3v) is 4.58. The second-order valence-electron chi connectivity index (χ2n) is 5.76. The lowest BCUT2D eigenvalue weighted by atomic mass is 10.2.